The van der Waals surface area contributed by atoms with Crippen LogP contribution < -0.4 is 5.32 Å². The van der Waals surface area contributed by atoms with Crippen molar-refractivity contribution in [3.05, 3.63) is 82.5 Å². The van der Waals surface area contributed by atoms with Gasteiger partial charge in [0.2, 0.25) is 0 Å². The second kappa shape index (κ2) is 8.87. The smallest absolute Gasteiger partial charge is 0.338 e. The molecule has 1 heterocycles. The van der Waals surface area contributed by atoms with Gasteiger partial charge in [-0.15, -0.1) is 0 Å². The molecule has 0 saturated heterocycles. The quantitative estimate of drug-likeness (QED) is 0.579. The van der Waals surface area contributed by atoms with Gasteiger partial charge in [-0.3, -0.25) is 4.79 Å². The number of benzene rings is 2. The van der Waals surface area contributed by atoms with Gasteiger partial charge in [0.05, 0.1) is 15.6 Å². The summed E-state index contributed by atoms with van der Waals surface area (Å²) >= 11 is 11.7. The van der Waals surface area contributed by atoms with Crippen molar-refractivity contribution in [2.24, 2.45) is 0 Å². The summed E-state index contributed by atoms with van der Waals surface area (Å²) in [7, 11) is 0. The predicted molar refractivity (Wildman–Crippen MR) is 110 cm³/mol. The number of pyridine rings is 1. The summed E-state index contributed by atoms with van der Waals surface area (Å²) in [6.07, 6.45) is 0.323. The van der Waals surface area contributed by atoms with Gasteiger partial charge in [-0.2, -0.15) is 0 Å². The molecule has 0 aliphatic rings. The van der Waals surface area contributed by atoms with Crippen LogP contribution in [0.2, 0.25) is 10.0 Å². The van der Waals surface area contributed by atoms with Crippen molar-refractivity contribution in [2.75, 3.05) is 5.32 Å². The van der Waals surface area contributed by atoms with Gasteiger partial charge in [-0.25, -0.2) is 9.78 Å². The largest absolute Gasteiger partial charge is 0.449 e. The molecule has 0 bridgehead atoms. The minimum absolute atomic E-state index is 0.145. The molecule has 1 amide bonds. The van der Waals surface area contributed by atoms with E-state index in [1.807, 2.05) is 42.5 Å². The van der Waals surface area contributed by atoms with Crippen LogP contribution in [0.4, 0.5) is 5.82 Å². The van der Waals surface area contributed by atoms with Crippen LogP contribution in [-0.2, 0) is 9.53 Å². The van der Waals surface area contributed by atoms with Gasteiger partial charge in [0, 0.05) is 6.20 Å². The summed E-state index contributed by atoms with van der Waals surface area (Å²) in [5.74, 6) is -1.01. The summed E-state index contributed by atoms with van der Waals surface area (Å²) < 4.78 is 5.23. The molecule has 2 aromatic carbocycles. The maximum absolute atomic E-state index is 12.3. The lowest BCUT2D eigenvalue weighted by molar-refractivity contribution is -0.123. The van der Waals surface area contributed by atoms with Crippen molar-refractivity contribution in [1.29, 1.82) is 0 Å². The molecule has 0 aliphatic heterocycles. The van der Waals surface area contributed by atoms with E-state index in [1.54, 1.807) is 12.1 Å². The Morgan fingerprint density at radius 1 is 1.00 bits per heavy atom. The Kier molecular flexibility index (Phi) is 6.29. The maximum Gasteiger partial charge on any atom is 0.338 e. The molecule has 0 saturated carbocycles. The molecule has 0 radical (unpaired) electrons. The first-order chi connectivity index (χ1) is 13.4. The van der Waals surface area contributed by atoms with Crippen LogP contribution in [0.5, 0.6) is 0 Å². The Bertz CT molecular complexity index is 992. The number of anilines is 1. The normalized spacial score (nSPS) is 11.5. The maximum atomic E-state index is 12.3. The van der Waals surface area contributed by atoms with Gasteiger partial charge >= 0.3 is 5.97 Å². The molecule has 0 spiro atoms. The summed E-state index contributed by atoms with van der Waals surface area (Å²) in [5.41, 5.74) is 2.37. The van der Waals surface area contributed by atoms with E-state index in [2.05, 4.69) is 10.3 Å². The summed E-state index contributed by atoms with van der Waals surface area (Å²) in [6, 6.07) is 18.2. The number of hydrogen-bond acceptors (Lipinski definition) is 4. The highest BCUT2D eigenvalue weighted by Gasteiger charge is 2.20. The van der Waals surface area contributed by atoms with E-state index in [0.717, 1.165) is 11.1 Å². The predicted octanol–water partition coefficient (Wildman–Crippen LogP) is 5.24. The number of rotatable bonds is 5. The first-order valence-corrected chi connectivity index (χ1v) is 9.18. The average molecular weight is 415 g/mol. The number of amides is 1. The average Bonchev–Trinajstić information content (AvgIpc) is 2.70. The van der Waals surface area contributed by atoms with Crippen LogP contribution in [0.25, 0.3) is 11.1 Å². The van der Waals surface area contributed by atoms with Crippen molar-refractivity contribution in [1.82, 2.24) is 4.98 Å². The Hall–Kier alpha value is -2.89. The highest BCUT2D eigenvalue weighted by Crippen LogP contribution is 2.23. The van der Waals surface area contributed by atoms with Crippen LogP contribution >= 0.6 is 23.2 Å². The van der Waals surface area contributed by atoms with Crippen LogP contribution in [0, 0.1) is 0 Å². The monoisotopic (exact) mass is 414 g/mol. The molecular weight excluding hydrogens is 399 g/mol. The molecule has 0 aliphatic carbocycles. The SMILES string of the molecule is C[C@H](OC(=O)c1ccc(-c2ccccc2)cc1)C(=O)Nc1ncc(Cl)cc1Cl. The van der Waals surface area contributed by atoms with E-state index < -0.39 is 18.0 Å². The van der Waals surface area contributed by atoms with E-state index >= 15 is 0 Å². The third-order valence-corrected chi connectivity index (χ3v) is 4.42. The van der Waals surface area contributed by atoms with E-state index in [-0.39, 0.29) is 10.8 Å². The number of esters is 1. The summed E-state index contributed by atoms with van der Waals surface area (Å²) in [4.78, 5) is 28.5. The third kappa shape index (κ3) is 4.88. The second-order valence-corrected chi connectivity index (χ2v) is 6.81. The molecule has 142 valence electrons. The van der Waals surface area contributed by atoms with Crippen LogP contribution in [0.3, 0.4) is 0 Å². The van der Waals surface area contributed by atoms with Gasteiger partial charge in [0.15, 0.2) is 11.9 Å². The lowest BCUT2D eigenvalue weighted by Gasteiger charge is -2.14. The zero-order chi connectivity index (χ0) is 20.1. The Balaban J connectivity index is 1.62. The van der Waals surface area contributed by atoms with E-state index in [0.29, 0.717) is 10.6 Å². The van der Waals surface area contributed by atoms with Crippen LogP contribution in [-0.4, -0.2) is 23.0 Å². The minimum Gasteiger partial charge on any atom is -0.449 e. The number of halogens is 2. The van der Waals surface area contributed by atoms with Gasteiger partial charge in [0.1, 0.15) is 0 Å². The van der Waals surface area contributed by atoms with Gasteiger partial charge in [0.25, 0.3) is 5.91 Å². The number of carbonyl (C=O) groups is 2. The standard InChI is InChI=1S/C21H16Cl2N2O3/c1-13(20(26)25-19-18(23)11-17(22)12-24-19)28-21(27)16-9-7-15(8-10-16)14-5-3-2-4-6-14/h2-13H,1H3,(H,24,25,26)/t13-/m0/s1. The highest BCUT2D eigenvalue weighted by molar-refractivity contribution is 6.36. The molecule has 7 heteroatoms. The first kappa shape index (κ1) is 19.9. The van der Waals surface area contributed by atoms with Gasteiger partial charge in [-0.05, 0) is 36.2 Å². The Labute approximate surface area is 172 Å². The van der Waals surface area contributed by atoms with Crippen molar-refractivity contribution in [3.63, 3.8) is 0 Å². The molecule has 3 aromatic rings. The molecule has 5 nitrogen and oxygen atoms in total. The molecule has 1 atom stereocenters. The fourth-order valence-corrected chi connectivity index (χ4v) is 2.86. The lowest BCUT2D eigenvalue weighted by atomic mass is 10.0. The molecule has 1 N–H and O–H groups in total. The van der Waals surface area contributed by atoms with Crippen molar-refractivity contribution in [3.8, 4) is 11.1 Å². The molecular formula is C21H16Cl2N2O3. The molecule has 0 fully saturated rings. The van der Waals surface area contributed by atoms with E-state index in [1.165, 1.54) is 19.2 Å². The number of hydrogen-bond donors (Lipinski definition) is 1. The molecule has 28 heavy (non-hydrogen) atoms. The van der Waals surface area contributed by atoms with E-state index in [4.69, 9.17) is 27.9 Å². The third-order valence-electron chi connectivity index (χ3n) is 3.93. The number of nitrogens with one attached hydrogen (secondary N) is 1. The Morgan fingerprint density at radius 2 is 1.64 bits per heavy atom. The van der Waals surface area contributed by atoms with Crippen molar-refractivity contribution >= 4 is 40.9 Å². The van der Waals surface area contributed by atoms with Crippen molar-refractivity contribution < 1.29 is 14.3 Å². The first-order valence-electron chi connectivity index (χ1n) is 8.42. The highest BCUT2D eigenvalue weighted by atomic mass is 35.5. The Morgan fingerprint density at radius 3 is 2.29 bits per heavy atom. The zero-order valence-corrected chi connectivity index (χ0v) is 16.4. The van der Waals surface area contributed by atoms with Crippen LogP contribution in [0.15, 0.2) is 66.9 Å². The van der Waals surface area contributed by atoms with Crippen molar-refractivity contribution in [2.45, 2.75) is 13.0 Å². The molecule has 0 unspecified atom stereocenters. The summed E-state index contributed by atoms with van der Waals surface area (Å²) in [5, 5.41) is 3.05. The number of ether oxygens (including phenoxy) is 1. The second-order valence-electron chi connectivity index (χ2n) is 5.96. The number of nitrogens with zero attached hydrogens (tertiary/aromatic N) is 1. The topological polar surface area (TPSA) is 68.3 Å². The lowest BCUT2D eigenvalue weighted by Crippen LogP contribution is -2.30. The fourth-order valence-electron chi connectivity index (χ4n) is 2.44. The molecule has 3 rings (SSSR count). The molecule has 1 aromatic heterocycles. The van der Waals surface area contributed by atoms with E-state index in [9.17, 15) is 9.59 Å². The zero-order valence-electron chi connectivity index (χ0n) is 14.9. The fraction of sp³-hybridized carbons (Fsp3) is 0.0952. The minimum atomic E-state index is -1.03. The van der Waals surface area contributed by atoms with Gasteiger partial charge < -0.3 is 10.1 Å². The number of aromatic nitrogens is 1. The van der Waals surface area contributed by atoms with Gasteiger partial charge in [-0.1, -0.05) is 65.7 Å². The summed E-state index contributed by atoms with van der Waals surface area (Å²) in [6.45, 7) is 1.47. The number of carbonyl (C=O) groups excluding carboxylic acids is 2. The van der Waals surface area contributed by atoms with Crippen LogP contribution in [0.1, 0.15) is 17.3 Å².